The van der Waals surface area contributed by atoms with Crippen molar-refractivity contribution in [3.8, 4) is 5.75 Å². The van der Waals surface area contributed by atoms with Crippen LogP contribution in [0.4, 0.5) is 5.69 Å². The monoisotopic (exact) mass is 364 g/mol. The van der Waals surface area contributed by atoms with Crippen molar-refractivity contribution in [3.05, 3.63) is 65.4 Å². The van der Waals surface area contributed by atoms with E-state index < -0.39 is 5.97 Å². The summed E-state index contributed by atoms with van der Waals surface area (Å²) in [5.41, 5.74) is 2.39. The average molecular weight is 364 g/mol. The molecule has 0 spiro atoms. The van der Waals surface area contributed by atoms with Crippen molar-refractivity contribution in [2.24, 2.45) is 4.99 Å². The highest BCUT2D eigenvalue weighted by molar-refractivity contribution is 6.12. The standard InChI is InChI=1S/C21H20N2O4/c1-13(2)26-18-10-6-16(7-11-18)20-23-19(21(25)27-20)12-15-4-8-17(9-5-15)22-14(3)24/h4-13H,1-3H3,(H,22,24). The molecule has 6 nitrogen and oxygen atoms in total. The molecule has 0 aromatic heterocycles. The molecular weight excluding hydrogens is 344 g/mol. The van der Waals surface area contributed by atoms with Gasteiger partial charge < -0.3 is 14.8 Å². The third kappa shape index (κ3) is 4.82. The first-order chi connectivity index (χ1) is 12.9. The number of esters is 1. The zero-order chi connectivity index (χ0) is 19.4. The number of cyclic esters (lactones) is 1. The number of hydrogen-bond acceptors (Lipinski definition) is 5. The zero-order valence-electron chi connectivity index (χ0n) is 15.4. The third-order valence-electron chi connectivity index (χ3n) is 3.63. The van der Waals surface area contributed by atoms with Gasteiger partial charge in [0.25, 0.3) is 0 Å². The molecule has 1 amide bonds. The number of anilines is 1. The van der Waals surface area contributed by atoms with Crippen molar-refractivity contribution in [2.45, 2.75) is 26.9 Å². The molecule has 0 bridgehead atoms. The van der Waals surface area contributed by atoms with Crippen molar-refractivity contribution in [3.63, 3.8) is 0 Å². The fraction of sp³-hybridized carbons (Fsp3) is 0.190. The molecule has 2 aromatic carbocycles. The van der Waals surface area contributed by atoms with Crippen molar-refractivity contribution in [2.75, 3.05) is 5.32 Å². The number of carbonyl (C=O) groups excluding carboxylic acids is 2. The molecule has 27 heavy (non-hydrogen) atoms. The fourth-order valence-corrected chi connectivity index (χ4v) is 2.50. The molecule has 3 rings (SSSR count). The van der Waals surface area contributed by atoms with Gasteiger partial charge in [-0.05, 0) is 61.9 Å². The van der Waals surface area contributed by atoms with Gasteiger partial charge in [0.15, 0.2) is 5.70 Å². The average Bonchev–Trinajstić information content (AvgIpc) is 2.97. The quantitative estimate of drug-likeness (QED) is 0.647. The number of rotatable bonds is 5. The first kappa shape index (κ1) is 18.4. The third-order valence-corrected chi connectivity index (χ3v) is 3.63. The summed E-state index contributed by atoms with van der Waals surface area (Å²) in [6.07, 6.45) is 1.73. The van der Waals surface area contributed by atoms with Crippen LogP contribution in [0.5, 0.6) is 5.75 Å². The van der Waals surface area contributed by atoms with Crippen LogP contribution >= 0.6 is 0 Å². The number of carbonyl (C=O) groups is 2. The number of aliphatic imine (C=N–C) groups is 1. The number of amides is 1. The normalized spacial score (nSPS) is 14.9. The second-order valence-electron chi connectivity index (χ2n) is 6.33. The van der Waals surface area contributed by atoms with Crippen LogP contribution in [-0.4, -0.2) is 23.9 Å². The summed E-state index contributed by atoms with van der Waals surface area (Å²) in [6, 6.07) is 14.3. The highest BCUT2D eigenvalue weighted by Gasteiger charge is 2.24. The molecule has 0 saturated heterocycles. The summed E-state index contributed by atoms with van der Waals surface area (Å²) in [6.45, 7) is 5.36. The maximum Gasteiger partial charge on any atom is 0.363 e. The summed E-state index contributed by atoms with van der Waals surface area (Å²) in [5, 5.41) is 2.69. The van der Waals surface area contributed by atoms with Crippen molar-refractivity contribution >= 4 is 29.5 Å². The largest absolute Gasteiger partial charge is 0.491 e. The lowest BCUT2D eigenvalue weighted by Gasteiger charge is -2.09. The number of benzene rings is 2. The van der Waals surface area contributed by atoms with E-state index in [4.69, 9.17) is 9.47 Å². The number of nitrogens with one attached hydrogen (secondary N) is 1. The summed E-state index contributed by atoms with van der Waals surface area (Å²) in [5.74, 6) is 0.365. The van der Waals surface area contributed by atoms with Crippen LogP contribution in [0.2, 0.25) is 0 Å². The smallest absolute Gasteiger partial charge is 0.363 e. The number of ether oxygens (including phenoxy) is 2. The summed E-state index contributed by atoms with van der Waals surface area (Å²) in [4.78, 5) is 27.4. The first-order valence-corrected chi connectivity index (χ1v) is 8.58. The van der Waals surface area contributed by atoms with E-state index in [2.05, 4.69) is 10.3 Å². The molecule has 0 atom stereocenters. The molecule has 1 aliphatic heterocycles. The van der Waals surface area contributed by atoms with Crippen LogP contribution in [0.3, 0.4) is 0 Å². The van der Waals surface area contributed by atoms with E-state index in [0.29, 0.717) is 11.3 Å². The molecule has 0 fully saturated rings. The predicted octanol–water partition coefficient (Wildman–Crippen LogP) is 3.78. The lowest BCUT2D eigenvalue weighted by Crippen LogP contribution is -2.07. The lowest BCUT2D eigenvalue weighted by atomic mass is 10.1. The molecule has 1 aliphatic rings. The molecule has 2 aromatic rings. The maximum atomic E-state index is 12.1. The molecule has 0 radical (unpaired) electrons. The Morgan fingerprint density at radius 2 is 1.78 bits per heavy atom. The second kappa shape index (κ2) is 7.86. The number of hydrogen-bond donors (Lipinski definition) is 1. The molecule has 138 valence electrons. The Labute approximate surface area is 157 Å². The van der Waals surface area contributed by atoms with Gasteiger partial charge in [0.05, 0.1) is 6.10 Å². The van der Waals surface area contributed by atoms with Crippen LogP contribution in [-0.2, 0) is 14.3 Å². The van der Waals surface area contributed by atoms with Crippen LogP contribution in [0.25, 0.3) is 6.08 Å². The van der Waals surface area contributed by atoms with E-state index in [-0.39, 0.29) is 23.6 Å². The Kier molecular flexibility index (Phi) is 5.35. The predicted molar refractivity (Wildman–Crippen MR) is 104 cm³/mol. The van der Waals surface area contributed by atoms with Gasteiger partial charge in [-0.25, -0.2) is 9.79 Å². The Morgan fingerprint density at radius 1 is 1.11 bits per heavy atom. The zero-order valence-corrected chi connectivity index (χ0v) is 15.4. The molecule has 0 unspecified atom stereocenters. The van der Waals surface area contributed by atoms with E-state index in [1.54, 1.807) is 42.5 Å². The minimum atomic E-state index is -0.501. The molecular formula is C21H20N2O4. The van der Waals surface area contributed by atoms with E-state index in [9.17, 15) is 9.59 Å². The highest BCUT2D eigenvalue weighted by atomic mass is 16.6. The van der Waals surface area contributed by atoms with Gasteiger partial charge in [-0.3, -0.25) is 4.79 Å². The van der Waals surface area contributed by atoms with Crippen LogP contribution in [0.1, 0.15) is 31.9 Å². The van der Waals surface area contributed by atoms with E-state index >= 15 is 0 Å². The minimum absolute atomic E-state index is 0.0871. The van der Waals surface area contributed by atoms with Crippen LogP contribution in [0.15, 0.2) is 59.2 Å². The lowest BCUT2D eigenvalue weighted by molar-refractivity contribution is -0.129. The van der Waals surface area contributed by atoms with Gasteiger partial charge in [0, 0.05) is 18.2 Å². The summed E-state index contributed by atoms with van der Waals surface area (Å²) < 4.78 is 10.9. The highest BCUT2D eigenvalue weighted by Crippen LogP contribution is 2.22. The topological polar surface area (TPSA) is 77.0 Å². The van der Waals surface area contributed by atoms with Gasteiger partial charge in [-0.15, -0.1) is 0 Å². The van der Waals surface area contributed by atoms with Crippen molar-refractivity contribution in [1.82, 2.24) is 0 Å². The fourth-order valence-electron chi connectivity index (χ4n) is 2.50. The SMILES string of the molecule is CC(=O)Nc1ccc(C=C2N=C(c3ccc(OC(C)C)cc3)OC2=O)cc1. The molecule has 0 aliphatic carbocycles. The Morgan fingerprint density at radius 3 is 2.37 bits per heavy atom. The van der Waals surface area contributed by atoms with Crippen molar-refractivity contribution in [1.29, 1.82) is 0 Å². The Bertz CT molecular complexity index is 910. The Balaban J connectivity index is 1.77. The van der Waals surface area contributed by atoms with E-state index in [1.165, 1.54) is 6.92 Å². The van der Waals surface area contributed by atoms with Gasteiger partial charge in [-0.1, -0.05) is 12.1 Å². The van der Waals surface area contributed by atoms with Crippen LogP contribution in [0, 0.1) is 0 Å². The minimum Gasteiger partial charge on any atom is -0.491 e. The van der Waals surface area contributed by atoms with Gasteiger partial charge >= 0.3 is 5.97 Å². The Hall–Kier alpha value is -3.41. The maximum absolute atomic E-state index is 12.1. The molecule has 1 N–H and O–H groups in total. The van der Waals surface area contributed by atoms with Crippen molar-refractivity contribution < 1.29 is 19.1 Å². The molecule has 1 heterocycles. The van der Waals surface area contributed by atoms with Gasteiger partial charge in [-0.2, -0.15) is 0 Å². The van der Waals surface area contributed by atoms with E-state index in [0.717, 1.165) is 11.3 Å². The summed E-state index contributed by atoms with van der Waals surface area (Å²) >= 11 is 0. The molecule has 0 saturated carbocycles. The second-order valence-corrected chi connectivity index (χ2v) is 6.33. The van der Waals surface area contributed by atoms with Gasteiger partial charge in [0.1, 0.15) is 5.75 Å². The first-order valence-electron chi connectivity index (χ1n) is 8.58. The van der Waals surface area contributed by atoms with Gasteiger partial charge in [0.2, 0.25) is 11.8 Å². The molecule has 6 heteroatoms. The number of nitrogens with zero attached hydrogens (tertiary/aromatic N) is 1. The van der Waals surface area contributed by atoms with E-state index in [1.807, 2.05) is 26.0 Å². The van der Waals surface area contributed by atoms with Crippen LogP contribution < -0.4 is 10.1 Å². The summed E-state index contributed by atoms with van der Waals surface area (Å²) in [7, 11) is 0.